The van der Waals surface area contributed by atoms with E-state index in [1.54, 1.807) is 12.1 Å². The van der Waals surface area contributed by atoms with Crippen molar-refractivity contribution in [3.05, 3.63) is 65.0 Å². The summed E-state index contributed by atoms with van der Waals surface area (Å²) in [5, 5.41) is 3.30. The Morgan fingerprint density at radius 2 is 1.76 bits per heavy atom. The van der Waals surface area contributed by atoms with Crippen molar-refractivity contribution < 1.29 is 9.13 Å². The van der Waals surface area contributed by atoms with Gasteiger partial charge in [-0.2, -0.15) is 0 Å². The summed E-state index contributed by atoms with van der Waals surface area (Å²) in [5.41, 5.74) is 3.30. The van der Waals surface area contributed by atoms with Crippen molar-refractivity contribution in [1.82, 2.24) is 5.32 Å². The van der Waals surface area contributed by atoms with E-state index in [0.717, 1.165) is 24.3 Å². The average Bonchev–Trinajstić information content (AvgIpc) is 2.45. The maximum atomic E-state index is 13.0. The monoisotopic (exact) mass is 287 g/mol. The van der Waals surface area contributed by atoms with E-state index >= 15 is 0 Å². The molecule has 0 aliphatic heterocycles. The molecule has 0 spiro atoms. The SMILES string of the molecule is Cc1cccc(C)c1OCCCNCc1cccc(F)c1. The van der Waals surface area contributed by atoms with E-state index in [4.69, 9.17) is 4.74 Å². The van der Waals surface area contributed by atoms with Gasteiger partial charge in [0.05, 0.1) is 6.61 Å². The van der Waals surface area contributed by atoms with E-state index < -0.39 is 0 Å². The number of hydrogen-bond acceptors (Lipinski definition) is 2. The molecule has 2 aromatic carbocycles. The highest BCUT2D eigenvalue weighted by atomic mass is 19.1. The summed E-state index contributed by atoms with van der Waals surface area (Å²) in [6.45, 7) is 6.33. The lowest BCUT2D eigenvalue weighted by molar-refractivity contribution is 0.304. The largest absolute Gasteiger partial charge is 0.493 e. The number of hydrogen-bond donors (Lipinski definition) is 1. The van der Waals surface area contributed by atoms with Gasteiger partial charge in [0.15, 0.2) is 0 Å². The summed E-state index contributed by atoms with van der Waals surface area (Å²) in [4.78, 5) is 0. The Kier molecular flexibility index (Phi) is 5.76. The second-order valence-corrected chi connectivity index (χ2v) is 5.23. The highest BCUT2D eigenvalue weighted by Gasteiger charge is 2.02. The van der Waals surface area contributed by atoms with E-state index in [1.807, 2.05) is 12.1 Å². The molecule has 112 valence electrons. The van der Waals surface area contributed by atoms with Crippen LogP contribution in [0.15, 0.2) is 42.5 Å². The zero-order valence-electron chi connectivity index (χ0n) is 12.7. The fourth-order valence-electron chi connectivity index (χ4n) is 2.28. The van der Waals surface area contributed by atoms with Crippen LogP contribution in [0.25, 0.3) is 0 Å². The number of rotatable bonds is 7. The number of nitrogens with one attached hydrogen (secondary N) is 1. The molecule has 0 atom stereocenters. The fraction of sp³-hybridized carbons (Fsp3) is 0.333. The third-order valence-electron chi connectivity index (χ3n) is 3.37. The highest BCUT2D eigenvalue weighted by molar-refractivity contribution is 5.39. The molecule has 0 fully saturated rings. The molecule has 2 nitrogen and oxygen atoms in total. The van der Waals surface area contributed by atoms with Crippen molar-refractivity contribution in [2.45, 2.75) is 26.8 Å². The molecule has 0 heterocycles. The van der Waals surface area contributed by atoms with E-state index in [2.05, 4.69) is 31.3 Å². The normalized spacial score (nSPS) is 10.6. The highest BCUT2D eigenvalue weighted by Crippen LogP contribution is 2.22. The molecule has 2 aromatic rings. The molecule has 0 radical (unpaired) electrons. The molecule has 21 heavy (non-hydrogen) atoms. The Bertz CT molecular complexity index is 563. The van der Waals surface area contributed by atoms with Gasteiger partial charge in [-0.05, 0) is 55.6 Å². The van der Waals surface area contributed by atoms with Gasteiger partial charge in [0.2, 0.25) is 0 Å². The smallest absolute Gasteiger partial charge is 0.125 e. The molecule has 0 aromatic heterocycles. The van der Waals surface area contributed by atoms with Crippen molar-refractivity contribution in [3.8, 4) is 5.75 Å². The Labute approximate surface area is 126 Å². The Morgan fingerprint density at radius 3 is 2.48 bits per heavy atom. The van der Waals surface area contributed by atoms with Crippen LogP contribution in [0, 0.1) is 19.7 Å². The van der Waals surface area contributed by atoms with Gasteiger partial charge in [-0.15, -0.1) is 0 Å². The Balaban J connectivity index is 1.66. The quantitative estimate of drug-likeness (QED) is 0.777. The van der Waals surface area contributed by atoms with E-state index in [-0.39, 0.29) is 5.82 Å². The molecule has 0 bridgehead atoms. The third kappa shape index (κ3) is 4.87. The molecule has 1 N–H and O–H groups in total. The number of ether oxygens (including phenoxy) is 1. The minimum atomic E-state index is -0.187. The summed E-state index contributed by atoms with van der Waals surface area (Å²) in [5.74, 6) is 0.801. The van der Waals surface area contributed by atoms with Crippen LogP contribution in [0.5, 0.6) is 5.75 Å². The van der Waals surface area contributed by atoms with Crippen molar-refractivity contribution in [1.29, 1.82) is 0 Å². The molecular formula is C18H22FNO. The topological polar surface area (TPSA) is 21.3 Å². The van der Waals surface area contributed by atoms with E-state index in [1.165, 1.54) is 17.2 Å². The van der Waals surface area contributed by atoms with Gasteiger partial charge in [0, 0.05) is 6.54 Å². The van der Waals surface area contributed by atoms with Crippen LogP contribution < -0.4 is 10.1 Å². The van der Waals surface area contributed by atoms with Crippen molar-refractivity contribution in [3.63, 3.8) is 0 Å². The standard InChI is InChI=1S/C18H22FNO/c1-14-6-3-7-15(2)18(14)21-11-5-10-20-13-16-8-4-9-17(19)12-16/h3-4,6-9,12,20H,5,10-11,13H2,1-2H3. The second-order valence-electron chi connectivity index (χ2n) is 5.23. The molecule has 0 aliphatic rings. The zero-order chi connectivity index (χ0) is 15.1. The van der Waals surface area contributed by atoms with Crippen LogP contribution in [0.2, 0.25) is 0 Å². The summed E-state index contributed by atoms with van der Waals surface area (Å²) in [6, 6.07) is 12.8. The third-order valence-corrected chi connectivity index (χ3v) is 3.37. The van der Waals surface area contributed by atoms with E-state index in [0.29, 0.717) is 13.2 Å². The Morgan fingerprint density at radius 1 is 1.05 bits per heavy atom. The van der Waals surface area contributed by atoms with Crippen LogP contribution in [-0.2, 0) is 6.54 Å². The molecule has 0 saturated heterocycles. The molecule has 0 amide bonds. The van der Waals surface area contributed by atoms with Gasteiger partial charge in [-0.3, -0.25) is 0 Å². The minimum absolute atomic E-state index is 0.187. The molecule has 2 rings (SSSR count). The fourth-order valence-corrected chi connectivity index (χ4v) is 2.28. The molecule has 0 unspecified atom stereocenters. The van der Waals surface area contributed by atoms with Gasteiger partial charge < -0.3 is 10.1 Å². The van der Waals surface area contributed by atoms with Crippen LogP contribution in [0.4, 0.5) is 4.39 Å². The number of para-hydroxylation sites is 1. The van der Waals surface area contributed by atoms with Gasteiger partial charge in [0.1, 0.15) is 11.6 Å². The van der Waals surface area contributed by atoms with Crippen LogP contribution in [0.1, 0.15) is 23.1 Å². The Hall–Kier alpha value is -1.87. The summed E-state index contributed by atoms with van der Waals surface area (Å²) in [6.07, 6.45) is 0.920. The van der Waals surface area contributed by atoms with Crippen LogP contribution in [-0.4, -0.2) is 13.2 Å². The van der Waals surface area contributed by atoms with Crippen molar-refractivity contribution in [2.75, 3.05) is 13.2 Å². The maximum Gasteiger partial charge on any atom is 0.125 e. The first kappa shape index (κ1) is 15.5. The lowest BCUT2D eigenvalue weighted by Gasteiger charge is -2.12. The van der Waals surface area contributed by atoms with Gasteiger partial charge in [-0.25, -0.2) is 4.39 Å². The summed E-state index contributed by atoms with van der Waals surface area (Å²) < 4.78 is 18.9. The van der Waals surface area contributed by atoms with Gasteiger partial charge in [-0.1, -0.05) is 30.3 Å². The molecule has 3 heteroatoms. The average molecular weight is 287 g/mol. The zero-order valence-corrected chi connectivity index (χ0v) is 12.7. The first-order chi connectivity index (χ1) is 10.2. The van der Waals surface area contributed by atoms with E-state index in [9.17, 15) is 4.39 Å². The van der Waals surface area contributed by atoms with Gasteiger partial charge >= 0.3 is 0 Å². The first-order valence-electron chi connectivity index (χ1n) is 7.31. The van der Waals surface area contributed by atoms with Crippen molar-refractivity contribution in [2.24, 2.45) is 0 Å². The maximum absolute atomic E-state index is 13.0. The lowest BCUT2D eigenvalue weighted by atomic mass is 10.1. The predicted octanol–water partition coefficient (Wildman–Crippen LogP) is 4.00. The summed E-state index contributed by atoms with van der Waals surface area (Å²) in [7, 11) is 0. The van der Waals surface area contributed by atoms with Gasteiger partial charge in [0.25, 0.3) is 0 Å². The summed E-state index contributed by atoms with van der Waals surface area (Å²) >= 11 is 0. The second kappa shape index (κ2) is 7.79. The molecular weight excluding hydrogens is 265 g/mol. The lowest BCUT2D eigenvalue weighted by Crippen LogP contribution is -2.17. The van der Waals surface area contributed by atoms with Crippen molar-refractivity contribution >= 4 is 0 Å². The predicted molar refractivity (Wildman–Crippen MR) is 84.1 cm³/mol. The van der Waals surface area contributed by atoms with Crippen LogP contribution in [0.3, 0.4) is 0 Å². The number of aryl methyl sites for hydroxylation is 2. The molecule has 0 saturated carbocycles. The number of benzene rings is 2. The minimum Gasteiger partial charge on any atom is -0.493 e. The number of halogens is 1. The molecule has 0 aliphatic carbocycles. The van der Waals surface area contributed by atoms with Crippen LogP contribution >= 0.6 is 0 Å². The first-order valence-corrected chi connectivity index (χ1v) is 7.31.